The van der Waals surface area contributed by atoms with Crippen molar-refractivity contribution in [1.82, 2.24) is 4.98 Å². The van der Waals surface area contributed by atoms with Gasteiger partial charge >= 0.3 is 6.18 Å². The average molecular weight is 261 g/mol. The first-order valence-corrected chi connectivity index (χ1v) is 5.83. The second-order valence-electron chi connectivity index (χ2n) is 4.25. The van der Waals surface area contributed by atoms with Crippen molar-refractivity contribution in [1.29, 1.82) is 0 Å². The number of pyridine rings is 1. The molecule has 2 N–H and O–H groups in total. The van der Waals surface area contributed by atoms with Gasteiger partial charge in [-0.3, -0.25) is 0 Å². The number of alkyl halides is 3. The summed E-state index contributed by atoms with van der Waals surface area (Å²) in [7, 11) is 1.38. The Hall–Kier alpha value is -1.30. The minimum absolute atomic E-state index is 0.298. The Morgan fingerprint density at radius 1 is 1.33 bits per heavy atom. The highest BCUT2D eigenvalue weighted by molar-refractivity contribution is 5.42. The summed E-state index contributed by atoms with van der Waals surface area (Å²) in [5, 5.41) is 0. The van der Waals surface area contributed by atoms with Crippen molar-refractivity contribution in [2.75, 3.05) is 18.5 Å². The fourth-order valence-corrected chi connectivity index (χ4v) is 1.68. The van der Waals surface area contributed by atoms with Crippen LogP contribution >= 0.6 is 0 Å². The summed E-state index contributed by atoms with van der Waals surface area (Å²) in [5.41, 5.74) is 7.13. The summed E-state index contributed by atoms with van der Waals surface area (Å²) >= 11 is 0. The van der Waals surface area contributed by atoms with Gasteiger partial charge in [0.2, 0.25) is 0 Å². The highest BCUT2D eigenvalue weighted by Crippen LogP contribution is 2.21. The van der Waals surface area contributed by atoms with Crippen molar-refractivity contribution in [3.63, 3.8) is 0 Å². The van der Waals surface area contributed by atoms with Crippen molar-refractivity contribution in [2.24, 2.45) is 5.73 Å². The van der Waals surface area contributed by atoms with E-state index in [2.05, 4.69) is 4.98 Å². The second-order valence-corrected chi connectivity index (χ2v) is 4.25. The molecule has 0 aromatic carbocycles. The zero-order valence-corrected chi connectivity index (χ0v) is 10.6. The molecule has 0 fully saturated rings. The van der Waals surface area contributed by atoms with E-state index < -0.39 is 12.7 Å². The number of halogens is 3. The summed E-state index contributed by atoms with van der Waals surface area (Å²) in [6.45, 7) is 1.28. The second kappa shape index (κ2) is 6.04. The maximum atomic E-state index is 12.3. The monoisotopic (exact) mass is 261 g/mol. The molecule has 1 rings (SSSR count). The molecule has 3 nitrogen and oxygen atoms in total. The number of aromatic nitrogens is 1. The zero-order valence-electron chi connectivity index (χ0n) is 10.6. The molecule has 1 aromatic heterocycles. The Labute approximate surface area is 105 Å². The number of nitrogens with two attached hydrogens (primary N) is 1. The number of nitrogens with zero attached hydrogens (tertiary/aromatic N) is 2. The van der Waals surface area contributed by atoms with Crippen LogP contribution in [0.25, 0.3) is 0 Å². The van der Waals surface area contributed by atoms with E-state index in [9.17, 15) is 13.2 Å². The highest BCUT2D eigenvalue weighted by Gasteiger charge is 2.29. The Kier molecular flexibility index (Phi) is 4.95. The Bertz CT molecular complexity index is 391. The average Bonchev–Trinajstić information content (AvgIpc) is 2.26. The van der Waals surface area contributed by atoms with Crippen LogP contribution in [0.4, 0.5) is 19.0 Å². The lowest BCUT2D eigenvalue weighted by atomic mass is 10.1. The quantitative estimate of drug-likeness (QED) is 0.885. The van der Waals surface area contributed by atoms with Crippen LogP contribution in [0, 0.1) is 0 Å². The van der Waals surface area contributed by atoms with Crippen LogP contribution in [0.3, 0.4) is 0 Å². The molecule has 0 aliphatic rings. The first-order chi connectivity index (χ1) is 8.35. The molecule has 0 radical (unpaired) electrons. The zero-order chi connectivity index (χ0) is 13.8. The van der Waals surface area contributed by atoms with Gasteiger partial charge in [-0.1, -0.05) is 13.3 Å². The van der Waals surface area contributed by atoms with Gasteiger partial charge in [0, 0.05) is 19.3 Å². The molecule has 18 heavy (non-hydrogen) atoms. The topological polar surface area (TPSA) is 42.1 Å². The van der Waals surface area contributed by atoms with Gasteiger partial charge in [-0.05, 0) is 24.1 Å². The number of anilines is 1. The van der Waals surface area contributed by atoms with Gasteiger partial charge in [0.1, 0.15) is 12.4 Å². The van der Waals surface area contributed by atoms with Gasteiger partial charge < -0.3 is 10.6 Å². The van der Waals surface area contributed by atoms with E-state index in [1.807, 2.05) is 13.0 Å². The number of hydrogen-bond acceptors (Lipinski definition) is 3. The van der Waals surface area contributed by atoms with Gasteiger partial charge in [-0.2, -0.15) is 13.2 Å². The molecule has 102 valence electrons. The molecule has 0 amide bonds. The molecule has 1 aromatic rings. The van der Waals surface area contributed by atoms with E-state index >= 15 is 0 Å². The lowest BCUT2D eigenvalue weighted by Gasteiger charge is -2.21. The molecule has 0 spiro atoms. The molecular weight excluding hydrogens is 243 g/mol. The molecule has 0 atom stereocenters. The molecular formula is C12H18F3N3. The smallest absolute Gasteiger partial charge is 0.351 e. The van der Waals surface area contributed by atoms with Gasteiger partial charge in [0.05, 0.1) is 0 Å². The standard InChI is InChI=1S/C12H18F3N3/c1-3-4-10-5-9(7-16)6-11(17-10)18(2)8-12(13,14)15/h5-6H,3-4,7-8,16H2,1-2H3. The molecule has 0 aliphatic heterocycles. The lowest BCUT2D eigenvalue weighted by Crippen LogP contribution is -2.31. The molecule has 0 unspecified atom stereocenters. The number of hydrogen-bond donors (Lipinski definition) is 1. The van der Waals surface area contributed by atoms with E-state index in [1.54, 1.807) is 6.07 Å². The van der Waals surface area contributed by atoms with Crippen molar-refractivity contribution in [3.8, 4) is 0 Å². The summed E-state index contributed by atoms with van der Waals surface area (Å²) < 4.78 is 37.0. The predicted molar refractivity (Wildman–Crippen MR) is 65.4 cm³/mol. The van der Waals surface area contributed by atoms with Gasteiger partial charge in [-0.25, -0.2) is 4.98 Å². The fraction of sp³-hybridized carbons (Fsp3) is 0.583. The first kappa shape index (κ1) is 14.8. The Morgan fingerprint density at radius 2 is 2.00 bits per heavy atom. The third-order valence-corrected chi connectivity index (χ3v) is 2.47. The van der Waals surface area contributed by atoms with Gasteiger partial charge in [0.25, 0.3) is 0 Å². The highest BCUT2D eigenvalue weighted by atomic mass is 19.4. The van der Waals surface area contributed by atoms with Crippen LogP contribution in [0.1, 0.15) is 24.6 Å². The molecule has 0 bridgehead atoms. The van der Waals surface area contributed by atoms with E-state index in [-0.39, 0.29) is 0 Å². The van der Waals surface area contributed by atoms with Crippen molar-refractivity contribution < 1.29 is 13.2 Å². The van der Waals surface area contributed by atoms with Crippen molar-refractivity contribution in [3.05, 3.63) is 23.4 Å². The summed E-state index contributed by atoms with van der Waals surface area (Å²) in [4.78, 5) is 5.32. The van der Waals surface area contributed by atoms with E-state index in [4.69, 9.17) is 5.73 Å². The third kappa shape index (κ3) is 4.52. The first-order valence-electron chi connectivity index (χ1n) is 5.83. The molecule has 0 saturated heterocycles. The van der Waals surface area contributed by atoms with Crippen LogP contribution in [0.5, 0.6) is 0 Å². The molecule has 1 heterocycles. The normalized spacial score (nSPS) is 11.7. The van der Waals surface area contributed by atoms with Crippen LogP contribution < -0.4 is 10.6 Å². The van der Waals surface area contributed by atoms with Gasteiger partial charge in [-0.15, -0.1) is 0 Å². The maximum absolute atomic E-state index is 12.3. The van der Waals surface area contributed by atoms with Crippen LogP contribution in [-0.4, -0.2) is 24.8 Å². The largest absolute Gasteiger partial charge is 0.405 e. The van der Waals surface area contributed by atoms with E-state index in [0.29, 0.717) is 12.4 Å². The minimum atomic E-state index is -4.24. The number of aryl methyl sites for hydroxylation is 1. The summed E-state index contributed by atoms with van der Waals surface area (Å²) in [6.07, 6.45) is -2.61. The lowest BCUT2D eigenvalue weighted by molar-refractivity contribution is -0.119. The Balaban J connectivity index is 2.96. The maximum Gasteiger partial charge on any atom is 0.405 e. The van der Waals surface area contributed by atoms with Crippen LogP contribution in [0.15, 0.2) is 12.1 Å². The predicted octanol–water partition coefficient (Wildman–Crippen LogP) is 2.49. The molecule has 0 aliphatic carbocycles. The molecule has 0 saturated carbocycles. The fourth-order valence-electron chi connectivity index (χ4n) is 1.68. The summed E-state index contributed by atoms with van der Waals surface area (Å²) in [6, 6.07) is 3.44. The summed E-state index contributed by atoms with van der Waals surface area (Å²) in [5.74, 6) is 0.318. The third-order valence-electron chi connectivity index (χ3n) is 2.47. The van der Waals surface area contributed by atoms with E-state index in [1.165, 1.54) is 7.05 Å². The van der Waals surface area contributed by atoms with E-state index in [0.717, 1.165) is 29.0 Å². The number of rotatable bonds is 5. The van der Waals surface area contributed by atoms with Crippen LogP contribution in [0.2, 0.25) is 0 Å². The van der Waals surface area contributed by atoms with Gasteiger partial charge in [0.15, 0.2) is 0 Å². The van der Waals surface area contributed by atoms with Crippen molar-refractivity contribution in [2.45, 2.75) is 32.5 Å². The minimum Gasteiger partial charge on any atom is -0.351 e. The molecule has 6 heteroatoms. The Morgan fingerprint density at radius 3 is 2.50 bits per heavy atom. The van der Waals surface area contributed by atoms with Crippen molar-refractivity contribution >= 4 is 5.82 Å². The van der Waals surface area contributed by atoms with Crippen LogP contribution in [-0.2, 0) is 13.0 Å². The SMILES string of the molecule is CCCc1cc(CN)cc(N(C)CC(F)(F)F)n1.